The van der Waals surface area contributed by atoms with Gasteiger partial charge in [0.1, 0.15) is 11.9 Å². The fourth-order valence-electron chi connectivity index (χ4n) is 2.53. The van der Waals surface area contributed by atoms with Crippen LogP contribution in [-0.2, 0) is 11.2 Å². The van der Waals surface area contributed by atoms with E-state index < -0.39 is 0 Å². The van der Waals surface area contributed by atoms with Gasteiger partial charge in [0.25, 0.3) is 0 Å². The number of methoxy groups -OCH3 is 1. The second kappa shape index (κ2) is 7.43. The Morgan fingerprint density at radius 3 is 2.62 bits per heavy atom. The Bertz CT molecular complexity index is 582. The van der Waals surface area contributed by atoms with Gasteiger partial charge in [-0.25, -0.2) is 0 Å². The smallest absolute Gasteiger partial charge is 0.123 e. The molecule has 3 heteroatoms. The molecule has 0 aliphatic heterocycles. The minimum atomic E-state index is 0.0211. The quantitative estimate of drug-likeness (QED) is 0.847. The molecule has 0 spiro atoms. The van der Waals surface area contributed by atoms with Crippen LogP contribution in [0.25, 0.3) is 10.8 Å². The summed E-state index contributed by atoms with van der Waals surface area (Å²) in [4.78, 5) is 0. The molecule has 0 radical (unpaired) electrons. The summed E-state index contributed by atoms with van der Waals surface area (Å²) in [5.74, 6) is 0.919. The van der Waals surface area contributed by atoms with Gasteiger partial charge in [0.2, 0.25) is 0 Å². The molecule has 0 saturated heterocycles. The predicted octanol–water partition coefficient (Wildman–Crippen LogP) is 3.53. The highest BCUT2D eigenvalue weighted by Gasteiger charge is 2.14. The van der Waals surface area contributed by atoms with Crippen molar-refractivity contribution in [2.24, 2.45) is 5.73 Å². The first kappa shape index (κ1) is 15.8. The Kier molecular flexibility index (Phi) is 5.59. The van der Waals surface area contributed by atoms with Gasteiger partial charge in [-0.2, -0.15) is 0 Å². The maximum atomic E-state index is 6.17. The Morgan fingerprint density at radius 1 is 1.14 bits per heavy atom. The van der Waals surface area contributed by atoms with Crippen LogP contribution in [0.15, 0.2) is 36.4 Å². The molecule has 0 bridgehead atoms. The lowest BCUT2D eigenvalue weighted by molar-refractivity contribution is 0.0915. The number of fused-ring (bicyclic) bond motifs is 1. The topological polar surface area (TPSA) is 44.5 Å². The third-order valence-electron chi connectivity index (χ3n) is 3.72. The first-order chi connectivity index (χ1) is 10.2. The van der Waals surface area contributed by atoms with Gasteiger partial charge < -0.3 is 15.2 Å². The molecule has 3 nitrogen and oxygen atoms in total. The van der Waals surface area contributed by atoms with Gasteiger partial charge in [-0.05, 0) is 36.6 Å². The molecule has 0 amide bonds. The Morgan fingerprint density at radius 2 is 1.90 bits per heavy atom. The van der Waals surface area contributed by atoms with Crippen LogP contribution >= 0.6 is 0 Å². The molecule has 114 valence electrons. The van der Waals surface area contributed by atoms with Gasteiger partial charge in [-0.3, -0.25) is 0 Å². The number of rotatable bonds is 7. The molecule has 2 atom stereocenters. The summed E-state index contributed by atoms with van der Waals surface area (Å²) < 4.78 is 11.2. The molecule has 2 unspecified atom stereocenters. The normalized spacial score (nSPS) is 14.1. The van der Waals surface area contributed by atoms with E-state index in [9.17, 15) is 0 Å². The van der Waals surface area contributed by atoms with Crippen LogP contribution in [0, 0.1) is 0 Å². The molecule has 0 aromatic heterocycles. The summed E-state index contributed by atoms with van der Waals surface area (Å²) in [6.45, 7) is 4.71. The van der Waals surface area contributed by atoms with E-state index in [0.717, 1.165) is 18.6 Å². The van der Waals surface area contributed by atoms with Gasteiger partial charge in [0, 0.05) is 18.7 Å². The maximum Gasteiger partial charge on any atom is 0.123 e. The van der Waals surface area contributed by atoms with Crippen molar-refractivity contribution in [3.8, 4) is 5.75 Å². The van der Waals surface area contributed by atoms with Crippen LogP contribution in [0.1, 0.15) is 25.8 Å². The molecule has 2 aromatic carbocycles. The van der Waals surface area contributed by atoms with E-state index >= 15 is 0 Å². The molecule has 0 fully saturated rings. The van der Waals surface area contributed by atoms with Crippen molar-refractivity contribution in [2.75, 3.05) is 13.7 Å². The first-order valence-electron chi connectivity index (χ1n) is 7.57. The lowest BCUT2D eigenvalue weighted by atomic mass is 9.97. The van der Waals surface area contributed by atoms with Crippen LogP contribution in [0.5, 0.6) is 5.75 Å². The maximum absolute atomic E-state index is 6.17. The van der Waals surface area contributed by atoms with E-state index in [-0.39, 0.29) is 12.1 Å². The van der Waals surface area contributed by atoms with E-state index in [2.05, 4.69) is 37.3 Å². The lowest BCUT2D eigenvalue weighted by Crippen LogP contribution is -2.23. The minimum absolute atomic E-state index is 0.0211. The molecule has 2 aromatic rings. The summed E-state index contributed by atoms with van der Waals surface area (Å²) >= 11 is 0. The van der Waals surface area contributed by atoms with Gasteiger partial charge in [0.05, 0.1) is 6.61 Å². The first-order valence-corrected chi connectivity index (χ1v) is 7.57. The van der Waals surface area contributed by atoms with Crippen molar-refractivity contribution >= 4 is 10.8 Å². The van der Waals surface area contributed by atoms with Gasteiger partial charge in [-0.1, -0.05) is 37.3 Å². The molecule has 2 N–H and O–H groups in total. The monoisotopic (exact) mass is 287 g/mol. The van der Waals surface area contributed by atoms with Crippen molar-refractivity contribution < 1.29 is 9.47 Å². The zero-order valence-corrected chi connectivity index (χ0v) is 13.1. The van der Waals surface area contributed by atoms with Crippen LogP contribution in [0.2, 0.25) is 0 Å². The molecule has 0 aliphatic carbocycles. The molecule has 0 heterocycles. The highest BCUT2D eigenvalue weighted by atomic mass is 16.5. The molecule has 2 rings (SSSR count). The molecule has 0 saturated carbocycles. The largest absolute Gasteiger partial charge is 0.488 e. The number of hydrogen-bond donors (Lipinski definition) is 1. The molecule has 21 heavy (non-hydrogen) atoms. The average molecular weight is 287 g/mol. The van der Waals surface area contributed by atoms with E-state index in [0.29, 0.717) is 6.61 Å². The summed E-state index contributed by atoms with van der Waals surface area (Å²) in [6.07, 6.45) is 1.80. The van der Waals surface area contributed by atoms with Crippen LogP contribution in [-0.4, -0.2) is 25.9 Å². The van der Waals surface area contributed by atoms with Crippen molar-refractivity contribution in [2.45, 2.75) is 38.8 Å². The lowest BCUT2D eigenvalue weighted by Gasteiger charge is -2.20. The van der Waals surface area contributed by atoms with Crippen molar-refractivity contribution in [3.05, 3.63) is 42.0 Å². The van der Waals surface area contributed by atoms with E-state index in [4.69, 9.17) is 15.2 Å². The Labute approximate surface area is 127 Å². The Balaban J connectivity index is 2.40. The summed E-state index contributed by atoms with van der Waals surface area (Å²) in [7, 11) is 1.69. The SMILES string of the molecule is CCC(N)Cc1c(OC(C)COC)ccc2ccccc12. The van der Waals surface area contributed by atoms with E-state index in [1.54, 1.807) is 7.11 Å². The fraction of sp³-hybridized carbons (Fsp3) is 0.444. The zero-order chi connectivity index (χ0) is 15.2. The predicted molar refractivity (Wildman–Crippen MR) is 87.9 cm³/mol. The van der Waals surface area contributed by atoms with Crippen molar-refractivity contribution in [1.82, 2.24) is 0 Å². The number of hydrogen-bond acceptors (Lipinski definition) is 3. The second-order valence-corrected chi connectivity index (χ2v) is 5.52. The van der Waals surface area contributed by atoms with Gasteiger partial charge in [-0.15, -0.1) is 0 Å². The third-order valence-corrected chi connectivity index (χ3v) is 3.72. The highest BCUT2D eigenvalue weighted by Crippen LogP contribution is 2.30. The second-order valence-electron chi connectivity index (χ2n) is 5.52. The zero-order valence-electron chi connectivity index (χ0n) is 13.1. The average Bonchev–Trinajstić information content (AvgIpc) is 2.49. The van der Waals surface area contributed by atoms with Gasteiger partial charge in [0.15, 0.2) is 0 Å². The summed E-state index contributed by atoms with van der Waals surface area (Å²) in [5.41, 5.74) is 7.37. The standard InChI is InChI=1S/C18H25NO2/c1-4-15(19)11-17-16-8-6-5-7-14(16)9-10-18(17)21-13(2)12-20-3/h5-10,13,15H,4,11-12,19H2,1-3H3. The number of ether oxygens (including phenoxy) is 2. The molecular formula is C18H25NO2. The fourth-order valence-corrected chi connectivity index (χ4v) is 2.53. The third kappa shape index (κ3) is 3.96. The highest BCUT2D eigenvalue weighted by molar-refractivity contribution is 5.87. The van der Waals surface area contributed by atoms with Gasteiger partial charge >= 0.3 is 0 Å². The van der Waals surface area contributed by atoms with Crippen molar-refractivity contribution in [1.29, 1.82) is 0 Å². The molecule has 0 aliphatic rings. The summed E-state index contributed by atoms with van der Waals surface area (Å²) in [5, 5.41) is 2.45. The van der Waals surface area contributed by atoms with Crippen molar-refractivity contribution in [3.63, 3.8) is 0 Å². The van der Waals surface area contributed by atoms with Crippen LogP contribution < -0.4 is 10.5 Å². The van der Waals surface area contributed by atoms with E-state index in [1.807, 2.05) is 13.0 Å². The number of benzene rings is 2. The minimum Gasteiger partial charge on any atom is -0.488 e. The van der Waals surface area contributed by atoms with Crippen LogP contribution in [0.4, 0.5) is 0 Å². The summed E-state index contributed by atoms with van der Waals surface area (Å²) in [6, 6.07) is 12.7. The number of nitrogens with two attached hydrogens (primary N) is 1. The van der Waals surface area contributed by atoms with E-state index in [1.165, 1.54) is 16.3 Å². The van der Waals surface area contributed by atoms with Crippen LogP contribution in [0.3, 0.4) is 0 Å². The Hall–Kier alpha value is -1.58. The molecular weight excluding hydrogens is 262 g/mol.